The molecule has 3 rings (SSSR count). The number of rotatable bonds is 3. The lowest BCUT2D eigenvalue weighted by Gasteiger charge is -2.05. The Bertz CT molecular complexity index is 710. The van der Waals surface area contributed by atoms with Crippen LogP contribution >= 0.6 is 11.6 Å². The van der Waals surface area contributed by atoms with Crippen molar-refractivity contribution in [2.45, 2.75) is 18.8 Å². The van der Waals surface area contributed by atoms with Gasteiger partial charge >= 0.3 is 0 Å². The number of benzene rings is 1. The largest absolute Gasteiger partial charge is 0.298 e. The van der Waals surface area contributed by atoms with E-state index in [1.807, 2.05) is 0 Å². The number of halogens is 4. The lowest BCUT2D eigenvalue weighted by Crippen LogP contribution is -2.03. The van der Waals surface area contributed by atoms with Crippen LogP contribution in [0.25, 0.3) is 5.69 Å². The quantitative estimate of drug-likeness (QED) is 0.641. The highest BCUT2D eigenvalue weighted by molar-refractivity contribution is 6.32. The van der Waals surface area contributed by atoms with Crippen LogP contribution < -0.4 is 0 Å². The molecule has 0 N–H and O–H groups in total. The minimum atomic E-state index is -1.30. The zero-order valence-electron chi connectivity index (χ0n) is 10.0. The summed E-state index contributed by atoms with van der Waals surface area (Å²) in [5, 5.41) is 3.96. The maximum absolute atomic E-state index is 13.7. The monoisotopic (exact) mass is 300 g/mol. The van der Waals surface area contributed by atoms with E-state index in [1.165, 1.54) is 0 Å². The molecular formula is C13H8ClF3N2O. The molecule has 0 radical (unpaired) electrons. The fourth-order valence-electron chi connectivity index (χ4n) is 2.03. The van der Waals surface area contributed by atoms with Gasteiger partial charge in [0.2, 0.25) is 0 Å². The predicted molar refractivity (Wildman–Crippen MR) is 65.8 cm³/mol. The van der Waals surface area contributed by atoms with Crippen LogP contribution in [0.2, 0.25) is 5.15 Å². The number of aromatic nitrogens is 2. The third-order valence-electron chi connectivity index (χ3n) is 3.19. The van der Waals surface area contributed by atoms with E-state index in [4.69, 9.17) is 11.6 Å². The van der Waals surface area contributed by atoms with Crippen molar-refractivity contribution in [2.75, 3.05) is 0 Å². The first-order valence-corrected chi connectivity index (χ1v) is 6.29. The first-order chi connectivity index (χ1) is 9.52. The number of hydrogen-bond donors (Lipinski definition) is 0. The number of carbonyl (C=O) groups excluding carboxylic acids is 1. The molecule has 0 unspecified atom stereocenters. The van der Waals surface area contributed by atoms with Crippen LogP contribution in [-0.4, -0.2) is 16.1 Å². The van der Waals surface area contributed by atoms with E-state index < -0.39 is 17.5 Å². The first kappa shape index (κ1) is 13.2. The van der Waals surface area contributed by atoms with Gasteiger partial charge in [-0.05, 0) is 12.8 Å². The second-order valence-electron chi connectivity index (χ2n) is 4.61. The molecule has 3 nitrogen and oxygen atoms in total. The average molecular weight is 301 g/mol. The first-order valence-electron chi connectivity index (χ1n) is 5.91. The molecule has 0 aliphatic heterocycles. The van der Waals surface area contributed by atoms with E-state index in [0.717, 1.165) is 17.5 Å². The standard InChI is InChI=1S/C13H8ClF3N2O/c14-13-7(5-20)12(6-1-2-6)18-19(13)11-4-9(16)8(15)3-10(11)17/h3-6H,1-2H2. The Hall–Kier alpha value is -1.82. The van der Waals surface area contributed by atoms with Crippen LogP contribution in [0, 0.1) is 17.5 Å². The highest BCUT2D eigenvalue weighted by Gasteiger charge is 2.32. The van der Waals surface area contributed by atoms with Gasteiger partial charge in [0.05, 0.1) is 11.3 Å². The van der Waals surface area contributed by atoms with Crippen LogP contribution in [0.4, 0.5) is 13.2 Å². The van der Waals surface area contributed by atoms with Gasteiger partial charge in [-0.1, -0.05) is 11.6 Å². The molecule has 0 bridgehead atoms. The summed E-state index contributed by atoms with van der Waals surface area (Å²) in [6, 6.07) is 1.08. The molecule has 0 atom stereocenters. The predicted octanol–water partition coefficient (Wildman–Crippen LogP) is 3.63. The van der Waals surface area contributed by atoms with Gasteiger partial charge < -0.3 is 0 Å². The molecule has 1 fully saturated rings. The fraction of sp³-hybridized carbons (Fsp3) is 0.231. The smallest absolute Gasteiger partial charge is 0.161 e. The molecule has 7 heteroatoms. The number of carbonyl (C=O) groups is 1. The molecule has 0 saturated heterocycles. The molecule has 104 valence electrons. The van der Waals surface area contributed by atoms with Gasteiger partial charge in [0.25, 0.3) is 0 Å². The molecule has 0 amide bonds. The molecular weight excluding hydrogens is 293 g/mol. The van der Waals surface area contributed by atoms with Crippen molar-refractivity contribution in [1.29, 1.82) is 0 Å². The summed E-state index contributed by atoms with van der Waals surface area (Å²) in [4.78, 5) is 11.1. The zero-order valence-corrected chi connectivity index (χ0v) is 10.8. The molecule has 2 aromatic rings. The Morgan fingerprint density at radius 1 is 1.20 bits per heavy atom. The topological polar surface area (TPSA) is 34.9 Å². The summed E-state index contributed by atoms with van der Waals surface area (Å²) >= 11 is 5.99. The molecule has 1 heterocycles. The maximum atomic E-state index is 13.7. The van der Waals surface area contributed by atoms with E-state index in [1.54, 1.807) is 0 Å². The highest BCUT2D eigenvalue weighted by Crippen LogP contribution is 2.42. The van der Waals surface area contributed by atoms with Crippen LogP contribution in [0.3, 0.4) is 0 Å². The van der Waals surface area contributed by atoms with Crippen molar-refractivity contribution >= 4 is 17.9 Å². The Morgan fingerprint density at radius 3 is 2.45 bits per heavy atom. The van der Waals surface area contributed by atoms with Crippen molar-refractivity contribution < 1.29 is 18.0 Å². The van der Waals surface area contributed by atoms with E-state index in [9.17, 15) is 18.0 Å². The van der Waals surface area contributed by atoms with Crippen molar-refractivity contribution in [2.24, 2.45) is 0 Å². The molecule has 1 aliphatic carbocycles. The summed E-state index contributed by atoms with van der Waals surface area (Å²) in [5.74, 6) is -3.41. The number of nitrogens with zero attached hydrogens (tertiary/aromatic N) is 2. The van der Waals surface area contributed by atoms with Gasteiger partial charge in [0.1, 0.15) is 10.8 Å². The molecule has 1 aliphatic rings. The highest BCUT2D eigenvalue weighted by atomic mass is 35.5. The minimum absolute atomic E-state index is 0.105. The van der Waals surface area contributed by atoms with E-state index in [2.05, 4.69) is 5.10 Å². The molecule has 0 spiro atoms. The molecule has 1 aromatic heterocycles. The third-order valence-corrected chi connectivity index (χ3v) is 3.56. The van der Waals surface area contributed by atoms with Gasteiger partial charge in [0.15, 0.2) is 23.7 Å². The molecule has 20 heavy (non-hydrogen) atoms. The van der Waals surface area contributed by atoms with Gasteiger partial charge in [-0.3, -0.25) is 4.79 Å². The summed E-state index contributed by atoms with van der Waals surface area (Å²) in [7, 11) is 0. The fourth-order valence-corrected chi connectivity index (χ4v) is 2.30. The summed E-state index contributed by atoms with van der Waals surface area (Å²) in [6.07, 6.45) is 2.28. The minimum Gasteiger partial charge on any atom is -0.298 e. The second kappa shape index (κ2) is 4.63. The Balaban J connectivity index is 2.20. The molecule has 1 saturated carbocycles. The van der Waals surface area contributed by atoms with Crippen LogP contribution in [0.5, 0.6) is 0 Å². The van der Waals surface area contributed by atoms with Gasteiger partial charge in [-0.2, -0.15) is 5.10 Å². The Kier molecular flexibility index (Phi) is 3.05. The summed E-state index contributed by atoms with van der Waals surface area (Å²) in [5.41, 5.74) is 0.302. The van der Waals surface area contributed by atoms with Gasteiger partial charge in [-0.15, -0.1) is 0 Å². The average Bonchev–Trinajstić information content (AvgIpc) is 3.19. The lowest BCUT2D eigenvalue weighted by atomic mass is 10.2. The number of hydrogen-bond acceptors (Lipinski definition) is 2. The van der Waals surface area contributed by atoms with Crippen molar-refractivity contribution in [1.82, 2.24) is 9.78 Å². The lowest BCUT2D eigenvalue weighted by molar-refractivity contribution is 0.112. The Morgan fingerprint density at radius 2 is 1.85 bits per heavy atom. The summed E-state index contributed by atoms with van der Waals surface area (Å²) < 4.78 is 40.8. The van der Waals surface area contributed by atoms with Crippen LogP contribution in [-0.2, 0) is 0 Å². The number of aldehydes is 1. The van der Waals surface area contributed by atoms with Crippen LogP contribution in [0.15, 0.2) is 12.1 Å². The van der Waals surface area contributed by atoms with E-state index in [0.29, 0.717) is 24.1 Å². The zero-order chi connectivity index (χ0) is 14.4. The van der Waals surface area contributed by atoms with Crippen LogP contribution in [0.1, 0.15) is 34.8 Å². The molecule has 1 aromatic carbocycles. The normalized spacial score (nSPS) is 14.6. The summed E-state index contributed by atoms with van der Waals surface area (Å²) in [6.45, 7) is 0. The van der Waals surface area contributed by atoms with Crippen molar-refractivity contribution in [3.8, 4) is 5.69 Å². The maximum Gasteiger partial charge on any atom is 0.161 e. The van der Waals surface area contributed by atoms with E-state index in [-0.39, 0.29) is 22.3 Å². The Labute approximate surface area is 117 Å². The van der Waals surface area contributed by atoms with Crippen molar-refractivity contribution in [3.05, 3.63) is 46.0 Å². The SMILES string of the molecule is O=Cc1c(C2CC2)nn(-c2cc(F)c(F)cc2F)c1Cl. The third kappa shape index (κ3) is 2.00. The second-order valence-corrected chi connectivity index (χ2v) is 4.97. The van der Waals surface area contributed by atoms with Crippen molar-refractivity contribution in [3.63, 3.8) is 0 Å². The van der Waals surface area contributed by atoms with Gasteiger partial charge in [-0.25, -0.2) is 17.9 Å². The van der Waals surface area contributed by atoms with Gasteiger partial charge in [0, 0.05) is 18.1 Å². The van der Waals surface area contributed by atoms with E-state index >= 15 is 0 Å².